The van der Waals surface area contributed by atoms with E-state index in [9.17, 15) is 4.79 Å². The van der Waals surface area contributed by atoms with Gasteiger partial charge in [-0.15, -0.1) is 0 Å². The quantitative estimate of drug-likeness (QED) is 0.657. The van der Waals surface area contributed by atoms with Crippen LogP contribution in [-0.2, 0) is 4.79 Å². The molecule has 0 saturated heterocycles. The second-order valence-electron chi connectivity index (χ2n) is 2.73. The lowest BCUT2D eigenvalue weighted by Crippen LogP contribution is -2.34. The first-order chi connectivity index (χ1) is 5.04. The Morgan fingerprint density at radius 3 is 1.64 bits per heavy atom. The number of nitrogens with one attached hydrogen (secondary N) is 1. The predicted molar refractivity (Wildman–Crippen MR) is 49.5 cm³/mol. The first-order valence-corrected chi connectivity index (χ1v) is 4.31. The van der Waals surface area contributed by atoms with Gasteiger partial charge in [0.1, 0.15) is 0 Å². The van der Waals surface area contributed by atoms with Crippen LogP contribution in [0.2, 0.25) is 0 Å². The van der Waals surface area contributed by atoms with Gasteiger partial charge in [-0.3, -0.25) is 4.79 Å². The molecule has 0 heterocycles. The molecule has 0 aromatic carbocycles. The van der Waals surface area contributed by atoms with Crippen LogP contribution in [-0.4, -0.2) is 11.9 Å². The zero-order valence-electron chi connectivity index (χ0n) is 8.56. The summed E-state index contributed by atoms with van der Waals surface area (Å²) in [6.45, 7) is 11.7. The van der Waals surface area contributed by atoms with Gasteiger partial charge in [0.2, 0.25) is 5.91 Å². The summed E-state index contributed by atoms with van der Waals surface area (Å²) < 4.78 is 0. The molecule has 0 aromatic rings. The molecule has 0 aromatic heterocycles. The fraction of sp³-hybridized carbons (Fsp3) is 0.889. The number of hydrogen-bond acceptors (Lipinski definition) is 1. The summed E-state index contributed by atoms with van der Waals surface area (Å²) in [5.74, 6) is 0.574. The smallest absolute Gasteiger partial charge is 0.217 e. The minimum atomic E-state index is 0.0520. The topological polar surface area (TPSA) is 29.1 Å². The summed E-state index contributed by atoms with van der Waals surface area (Å²) in [4.78, 5) is 10.4. The minimum Gasteiger partial charge on any atom is -0.354 e. The Morgan fingerprint density at radius 1 is 1.18 bits per heavy atom. The molecule has 0 radical (unpaired) electrons. The van der Waals surface area contributed by atoms with Crippen molar-refractivity contribution in [3.63, 3.8) is 0 Å². The van der Waals surface area contributed by atoms with Crippen LogP contribution in [0, 0.1) is 5.92 Å². The van der Waals surface area contributed by atoms with Gasteiger partial charge in [-0.1, -0.05) is 27.7 Å². The van der Waals surface area contributed by atoms with Crippen molar-refractivity contribution in [2.75, 3.05) is 0 Å². The van der Waals surface area contributed by atoms with Crippen molar-refractivity contribution in [3.05, 3.63) is 0 Å². The van der Waals surface area contributed by atoms with Crippen LogP contribution < -0.4 is 5.32 Å². The normalized spacial score (nSPS) is 11.5. The summed E-state index contributed by atoms with van der Waals surface area (Å²) in [6, 6.07) is 0.294. The number of amides is 1. The van der Waals surface area contributed by atoms with E-state index in [0.29, 0.717) is 12.0 Å². The Bertz CT molecular complexity index is 99.7. The molecule has 2 nitrogen and oxygen atoms in total. The summed E-state index contributed by atoms with van der Waals surface area (Å²) >= 11 is 0. The largest absolute Gasteiger partial charge is 0.354 e. The molecular weight excluding hydrogens is 138 g/mol. The maximum Gasteiger partial charge on any atom is 0.217 e. The van der Waals surface area contributed by atoms with Gasteiger partial charge in [-0.05, 0) is 12.8 Å². The highest BCUT2D eigenvalue weighted by atomic mass is 16.1. The predicted octanol–water partition coefficient (Wildman–Crippen LogP) is 2.19. The molecule has 0 aliphatic heterocycles. The zero-order valence-corrected chi connectivity index (χ0v) is 8.56. The Balaban J connectivity index is 0. The highest BCUT2D eigenvalue weighted by Gasteiger charge is 2.05. The Morgan fingerprint density at radius 2 is 1.55 bits per heavy atom. The number of rotatable bonds is 2. The van der Waals surface area contributed by atoms with Gasteiger partial charge in [0.25, 0.3) is 0 Å². The lowest BCUT2D eigenvalue weighted by atomic mass is 10.1. The van der Waals surface area contributed by atoms with Crippen LogP contribution in [0.25, 0.3) is 0 Å². The van der Waals surface area contributed by atoms with E-state index < -0.39 is 0 Å². The number of hydrogen-bond donors (Lipinski definition) is 1. The monoisotopic (exact) mass is 159 g/mol. The highest BCUT2D eigenvalue weighted by molar-refractivity contribution is 5.73. The molecule has 0 fully saturated rings. The van der Waals surface area contributed by atoms with E-state index >= 15 is 0 Å². The summed E-state index contributed by atoms with van der Waals surface area (Å²) in [5.41, 5.74) is 0. The van der Waals surface area contributed by atoms with Crippen LogP contribution >= 0.6 is 0 Å². The van der Waals surface area contributed by atoms with E-state index in [-0.39, 0.29) is 5.91 Å². The van der Waals surface area contributed by atoms with E-state index in [2.05, 4.69) is 19.2 Å². The molecular formula is C9H21NO. The van der Waals surface area contributed by atoms with E-state index in [0.717, 1.165) is 0 Å². The Hall–Kier alpha value is -0.530. The third kappa shape index (κ3) is 9.47. The molecule has 68 valence electrons. The second kappa shape index (κ2) is 7.58. The maximum atomic E-state index is 10.4. The van der Waals surface area contributed by atoms with Gasteiger partial charge in [-0.25, -0.2) is 0 Å². The third-order valence-electron chi connectivity index (χ3n) is 1.43. The molecule has 2 heteroatoms. The van der Waals surface area contributed by atoms with Gasteiger partial charge < -0.3 is 5.32 Å². The molecule has 1 unspecified atom stereocenters. The fourth-order valence-corrected chi connectivity index (χ4v) is 0.487. The van der Waals surface area contributed by atoms with Crippen molar-refractivity contribution in [1.29, 1.82) is 0 Å². The molecule has 11 heavy (non-hydrogen) atoms. The van der Waals surface area contributed by atoms with Crippen molar-refractivity contribution in [2.45, 2.75) is 47.6 Å². The van der Waals surface area contributed by atoms with Crippen molar-refractivity contribution in [1.82, 2.24) is 5.32 Å². The van der Waals surface area contributed by atoms with Crippen LogP contribution in [0.1, 0.15) is 41.5 Å². The van der Waals surface area contributed by atoms with E-state index in [4.69, 9.17) is 0 Å². The van der Waals surface area contributed by atoms with Crippen LogP contribution in [0.4, 0.5) is 0 Å². The van der Waals surface area contributed by atoms with E-state index in [1.54, 1.807) is 6.92 Å². The fourth-order valence-electron chi connectivity index (χ4n) is 0.487. The molecule has 0 saturated carbocycles. The van der Waals surface area contributed by atoms with Gasteiger partial charge in [0.15, 0.2) is 0 Å². The molecule has 0 aliphatic rings. The lowest BCUT2D eigenvalue weighted by Gasteiger charge is -2.15. The molecule has 0 bridgehead atoms. The zero-order chi connectivity index (χ0) is 9.44. The molecule has 1 amide bonds. The van der Waals surface area contributed by atoms with Crippen LogP contribution in [0.5, 0.6) is 0 Å². The van der Waals surface area contributed by atoms with Gasteiger partial charge >= 0.3 is 0 Å². The standard InChI is InChI=1S/C7H15NO.C2H6/c1-5(2)6(3)8-7(4)9;1-2/h5-6H,1-4H3,(H,8,9);1-2H3. The van der Waals surface area contributed by atoms with Gasteiger partial charge in [-0.2, -0.15) is 0 Å². The van der Waals surface area contributed by atoms with Crippen molar-refractivity contribution in [3.8, 4) is 0 Å². The summed E-state index contributed by atoms with van der Waals surface area (Å²) in [7, 11) is 0. The van der Waals surface area contributed by atoms with Gasteiger partial charge in [0, 0.05) is 13.0 Å². The van der Waals surface area contributed by atoms with Crippen LogP contribution in [0.3, 0.4) is 0 Å². The Labute approximate surface area is 70.4 Å². The summed E-state index contributed by atoms with van der Waals surface area (Å²) in [6.07, 6.45) is 0. The number of carbonyl (C=O) groups excluding carboxylic acids is 1. The maximum absolute atomic E-state index is 10.4. The molecule has 0 spiro atoms. The van der Waals surface area contributed by atoms with Crippen molar-refractivity contribution < 1.29 is 4.79 Å². The summed E-state index contributed by atoms with van der Waals surface area (Å²) in [5, 5.41) is 2.80. The van der Waals surface area contributed by atoms with Crippen molar-refractivity contribution >= 4 is 5.91 Å². The lowest BCUT2D eigenvalue weighted by molar-refractivity contribution is -0.119. The Kier molecular flexibility index (Phi) is 9.01. The van der Waals surface area contributed by atoms with E-state index in [1.165, 1.54) is 0 Å². The third-order valence-corrected chi connectivity index (χ3v) is 1.43. The minimum absolute atomic E-state index is 0.0520. The average molecular weight is 159 g/mol. The van der Waals surface area contributed by atoms with Crippen molar-refractivity contribution in [2.24, 2.45) is 5.92 Å². The highest BCUT2D eigenvalue weighted by Crippen LogP contribution is 1.98. The molecule has 1 atom stereocenters. The first-order valence-electron chi connectivity index (χ1n) is 4.31. The first kappa shape index (κ1) is 13.1. The van der Waals surface area contributed by atoms with E-state index in [1.807, 2.05) is 20.8 Å². The van der Waals surface area contributed by atoms with Crippen LogP contribution in [0.15, 0.2) is 0 Å². The average Bonchev–Trinajstić information content (AvgIpc) is 1.90. The second-order valence-corrected chi connectivity index (χ2v) is 2.73. The number of carbonyl (C=O) groups is 1. The molecule has 0 rings (SSSR count). The molecule has 0 aliphatic carbocycles. The van der Waals surface area contributed by atoms with Gasteiger partial charge in [0.05, 0.1) is 0 Å². The SMILES string of the molecule is CC.CC(=O)NC(C)C(C)C. The molecule has 1 N–H and O–H groups in total.